The molecule has 1 N–H and O–H groups in total. The second-order valence-corrected chi connectivity index (χ2v) is 10.8. The first-order chi connectivity index (χ1) is 15.6. The summed E-state index contributed by atoms with van der Waals surface area (Å²) >= 11 is 0. The lowest BCUT2D eigenvalue weighted by atomic mass is 9.77. The molecule has 2 atom stereocenters. The van der Waals surface area contributed by atoms with Gasteiger partial charge in [0.1, 0.15) is 17.4 Å². The molecule has 1 spiro atoms. The highest BCUT2D eigenvalue weighted by atomic mass is 32.2. The van der Waals surface area contributed by atoms with Crippen molar-refractivity contribution in [3.05, 3.63) is 59.7 Å². The number of nitrogens with zero attached hydrogens (tertiary/aromatic N) is 1. The standard InChI is InChI=1S/C24H28F2N2O4S/c1-16(28(33(2,30)31)17-10-11-19(25)20(26)14-17)23(29)27-21-15-24(12-6-3-7-13-24)32-22-9-5-4-8-18(21)22/h4-5,8-11,14,16,21H,3,6-7,12-13,15H2,1-2H3,(H,27,29)/t16-,21-/m0/s1. The lowest BCUT2D eigenvalue weighted by Crippen LogP contribution is -2.51. The Balaban J connectivity index is 1.62. The molecule has 33 heavy (non-hydrogen) atoms. The van der Waals surface area contributed by atoms with Gasteiger partial charge in [-0.3, -0.25) is 9.10 Å². The van der Waals surface area contributed by atoms with E-state index in [1.54, 1.807) is 0 Å². The molecule has 1 saturated carbocycles. The third kappa shape index (κ3) is 4.83. The molecule has 1 aliphatic heterocycles. The number of rotatable bonds is 5. The number of amides is 1. The number of carbonyl (C=O) groups excluding carboxylic acids is 1. The number of benzene rings is 2. The monoisotopic (exact) mass is 478 g/mol. The van der Waals surface area contributed by atoms with E-state index >= 15 is 0 Å². The third-order valence-electron chi connectivity index (χ3n) is 6.52. The van der Waals surface area contributed by atoms with Crippen molar-refractivity contribution >= 4 is 21.6 Å². The van der Waals surface area contributed by atoms with Crippen LogP contribution in [-0.2, 0) is 14.8 Å². The van der Waals surface area contributed by atoms with Crippen molar-refractivity contribution in [3.63, 3.8) is 0 Å². The maximum Gasteiger partial charge on any atom is 0.244 e. The van der Waals surface area contributed by atoms with Crippen LogP contribution in [0.3, 0.4) is 0 Å². The molecule has 0 saturated heterocycles. The summed E-state index contributed by atoms with van der Waals surface area (Å²) in [5.74, 6) is -2.09. The van der Waals surface area contributed by atoms with Crippen molar-refractivity contribution < 1.29 is 26.7 Å². The fourth-order valence-corrected chi connectivity index (χ4v) is 6.14. The molecule has 1 amide bonds. The highest BCUT2D eigenvalue weighted by molar-refractivity contribution is 7.92. The van der Waals surface area contributed by atoms with Crippen LogP contribution in [0.1, 0.15) is 57.1 Å². The zero-order valence-corrected chi connectivity index (χ0v) is 19.5. The summed E-state index contributed by atoms with van der Waals surface area (Å²) in [7, 11) is -3.96. The van der Waals surface area contributed by atoms with Gasteiger partial charge in [-0.05, 0) is 50.8 Å². The minimum absolute atomic E-state index is 0.116. The first-order valence-corrected chi connectivity index (χ1v) is 13.0. The molecule has 0 bridgehead atoms. The topological polar surface area (TPSA) is 75.7 Å². The Labute approximate surface area is 193 Å². The maximum absolute atomic E-state index is 13.8. The number of hydrogen-bond donors (Lipinski definition) is 1. The first kappa shape index (κ1) is 23.5. The number of hydrogen-bond acceptors (Lipinski definition) is 4. The average Bonchev–Trinajstić information content (AvgIpc) is 2.76. The number of para-hydroxylation sites is 1. The molecule has 0 aromatic heterocycles. The van der Waals surface area contributed by atoms with Gasteiger partial charge in [0, 0.05) is 18.1 Å². The van der Waals surface area contributed by atoms with Gasteiger partial charge in [-0.1, -0.05) is 24.6 Å². The number of halogens is 2. The van der Waals surface area contributed by atoms with Crippen molar-refractivity contribution in [3.8, 4) is 5.75 Å². The van der Waals surface area contributed by atoms with E-state index in [0.29, 0.717) is 6.42 Å². The predicted octanol–water partition coefficient (Wildman–Crippen LogP) is 4.46. The molecule has 1 aliphatic carbocycles. The van der Waals surface area contributed by atoms with Crippen LogP contribution in [0.5, 0.6) is 5.75 Å². The average molecular weight is 479 g/mol. The number of nitrogens with one attached hydrogen (secondary N) is 1. The van der Waals surface area contributed by atoms with Crippen molar-refractivity contribution in [2.24, 2.45) is 0 Å². The van der Waals surface area contributed by atoms with E-state index in [9.17, 15) is 22.0 Å². The lowest BCUT2D eigenvalue weighted by molar-refractivity contribution is -0.123. The van der Waals surface area contributed by atoms with Gasteiger partial charge in [0.15, 0.2) is 11.6 Å². The normalized spacial score (nSPS) is 20.4. The van der Waals surface area contributed by atoms with Crippen LogP contribution in [0.15, 0.2) is 42.5 Å². The van der Waals surface area contributed by atoms with Crippen LogP contribution in [0.25, 0.3) is 0 Å². The first-order valence-electron chi connectivity index (χ1n) is 11.1. The summed E-state index contributed by atoms with van der Waals surface area (Å²) in [6.45, 7) is 1.43. The van der Waals surface area contributed by atoms with Crippen molar-refractivity contribution in [2.75, 3.05) is 10.6 Å². The van der Waals surface area contributed by atoms with Gasteiger partial charge < -0.3 is 10.1 Å². The summed E-state index contributed by atoms with van der Waals surface area (Å²) in [5, 5.41) is 3.00. The van der Waals surface area contributed by atoms with Crippen LogP contribution >= 0.6 is 0 Å². The molecule has 2 aliphatic rings. The van der Waals surface area contributed by atoms with Gasteiger partial charge in [0.05, 0.1) is 18.0 Å². The van der Waals surface area contributed by atoms with E-state index in [1.165, 1.54) is 6.92 Å². The Kier molecular flexibility index (Phi) is 6.35. The summed E-state index contributed by atoms with van der Waals surface area (Å²) in [6.07, 6.45) is 6.57. The lowest BCUT2D eigenvalue weighted by Gasteiger charge is -2.45. The number of sulfonamides is 1. The SMILES string of the molecule is C[C@@H](C(=O)N[C@H]1CC2(CCCCC2)Oc2ccccc21)N(c1ccc(F)c(F)c1)S(C)(=O)=O. The molecule has 1 fully saturated rings. The van der Waals surface area contributed by atoms with Crippen molar-refractivity contribution in [1.82, 2.24) is 5.32 Å². The fourth-order valence-electron chi connectivity index (χ4n) is 4.97. The van der Waals surface area contributed by atoms with Gasteiger partial charge in [0.25, 0.3) is 0 Å². The molecule has 1 heterocycles. The summed E-state index contributed by atoms with van der Waals surface area (Å²) in [5.41, 5.74) is 0.368. The minimum atomic E-state index is -3.96. The zero-order chi connectivity index (χ0) is 23.8. The number of ether oxygens (including phenoxy) is 1. The molecule has 178 valence electrons. The van der Waals surface area contributed by atoms with Gasteiger partial charge in [-0.25, -0.2) is 17.2 Å². The molecular formula is C24H28F2N2O4S. The maximum atomic E-state index is 13.8. The smallest absolute Gasteiger partial charge is 0.244 e. The number of anilines is 1. The summed E-state index contributed by atoms with van der Waals surface area (Å²) in [6, 6.07) is 8.77. The highest BCUT2D eigenvalue weighted by Crippen LogP contribution is 2.46. The predicted molar refractivity (Wildman–Crippen MR) is 122 cm³/mol. The minimum Gasteiger partial charge on any atom is -0.487 e. The van der Waals surface area contributed by atoms with E-state index in [-0.39, 0.29) is 17.3 Å². The van der Waals surface area contributed by atoms with Gasteiger partial charge in [-0.15, -0.1) is 0 Å². The van der Waals surface area contributed by atoms with E-state index in [2.05, 4.69) is 5.32 Å². The molecule has 6 nitrogen and oxygen atoms in total. The molecular weight excluding hydrogens is 450 g/mol. The quantitative estimate of drug-likeness (QED) is 0.689. The van der Waals surface area contributed by atoms with E-state index in [0.717, 1.165) is 72.2 Å². The Morgan fingerprint density at radius 2 is 1.82 bits per heavy atom. The number of carbonyl (C=O) groups is 1. The fraction of sp³-hybridized carbons (Fsp3) is 0.458. The van der Waals surface area contributed by atoms with Gasteiger partial charge >= 0.3 is 0 Å². The largest absolute Gasteiger partial charge is 0.487 e. The summed E-state index contributed by atoms with van der Waals surface area (Å²) < 4.78 is 59.5. The molecule has 0 radical (unpaired) electrons. The molecule has 2 aromatic rings. The van der Waals surface area contributed by atoms with Gasteiger partial charge in [-0.2, -0.15) is 0 Å². The number of fused-ring (bicyclic) bond motifs is 1. The Morgan fingerprint density at radius 1 is 1.12 bits per heavy atom. The van der Waals surface area contributed by atoms with Crippen LogP contribution in [-0.4, -0.2) is 32.2 Å². The molecule has 0 unspecified atom stereocenters. The van der Waals surface area contributed by atoms with E-state index in [1.807, 2.05) is 24.3 Å². The van der Waals surface area contributed by atoms with E-state index < -0.39 is 33.6 Å². The van der Waals surface area contributed by atoms with E-state index in [4.69, 9.17) is 4.74 Å². The molecule has 4 rings (SSSR count). The highest BCUT2D eigenvalue weighted by Gasteiger charge is 2.43. The van der Waals surface area contributed by atoms with Crippen LogP contribution in [0, 0.1) is 11.6 Å². The second kappa shape index (κ2) is 8.93. The third-order valence-corrected chi connectivity index (χ3v) is 7.77. The Morgan fingerprint density at radius 3 is 2.48 bits per heavy atom. The zero-order valence-electron chi connectivity index (χ0n) is 18.7. The van der Waals surface area contributed by atoms with Crippen LogP contribution in [0.2, 0.25) is 0 Å². The van der Waals surface area contributed by atoms with Crippen molar-refractivity contribution in [1.29, 1.82) is 0 Å². The van der Waals surface area contributed by atoms with Crippen molar-refractivity contribution in [2.45, 2.75) is 63.1 Å². The Hall–Kier alpha value is -2.68. The van der Waals surface area contributed by atoms with Crippen LogP contribution in [0.4, 0.5) is 14.5 Å². The van der Waals surface area contributed by atoms with Gasteiger partial charge in [0.2, 0.25) is 15.9 Å². The summed E-state index contributed by atoms with van der Waals surface area (Å²) in [4.78, 5) is 13.3. The molecule has 9 heteroatoms. The molecule has 2 aromatic carbocycles. The Bertz CT molecular complexity index is 1150. The van der Waals surface area contributed by atoms with Crippen LogP contribution < -0.4 is 14.4 Å². The second-order valence-electron chi connectivity index (χ2n) is 8.98.